The molecule has 0 aromatic rings. The van der Waals surface area contributed by atoms with Crippen molar-refractivity contribution in [1.82, 2.24) is 53.2 Å². The molecule has 17 N–H and O–H groups in total. The average molecular weight is 927 g/mol. The lowest BCUT2D eigenvalue weighted by Crippen LogP contribution is -2.54. The largest absolute Gasteiger partial charge is 0.394 e. The van der Waals surface area contributed by atoms with Crippen LogP contribution in [0.15, 0.2) is 4.99 Å². The lowest BCUT2D eigenvalue weighted by molar-refractivity contribution is -0.132. The van der Waals surface area contributed by atoms with E-state index in [1.54, 1.807) is 0 Å². The number of guanidine groups is 1. The van der Waals surface area contributed by atoms with Gasteiger partial charge in [0, 0.05) is 33.5 Å². The normalized spacial score (nSPS) is 12.9. The van der Waals surface area contributed by atoms with Gasteiger partial charge < -0.3 is 80.3 Å². The molecule has 0 saturated heterocycles. The van der Waals surface area contributed by atoms with Gasteiger partial charge in [0.1, 0.15) is 30.5 Å². The number of aldehydes is 1. The second kappa shape index (κ2) is 34.0. The van der Waals surface area contributed by atoms with Gasteiger partial charge in [-0.15, -0.1) is 0 Å². The highest BCUT2D eigenvalue weighted by Crippen LogP contribution is 2.07. The molecule has 26 heteroatoms. The van der Waals surface area contributed by atoms with E-state index in [1.807, 2.05) is 13.8 Å². The molecule has 0 fully saturated rings. The van der Waals surface area contributed by atoms with Crippen LogP contribution in [0.3, 0.4) is 0 Å². The first-order valence-corrected chi connectivity index (χ1v) is 21.3. The zero-order valence-corrected chi connectivity index (χ0v) is 37.7. The van der Waals surface area contributed by atoms with E-state index in [2.05, 4.69) is 58.2 Å². The van der Waals surface area contributed by atoms with E-state index in [0.29, 0.717) is 44.9 Å². The zero-order chi connectivity index (χ0) is 49.3. The third kappa shape index (κ3) is 30.3. The molecule has 368 valence electrons. The Bertz CT molecular complexity index is 1630. The van der Waals surface area contributed by atoms with Crippen molar-refractivity contribution in [2.45, 2.75) is 116 Å². The van der Waals surface area contributed by atoms with E-state index >= 15 is 0 Å². The van der Waals surface area contributed by atoms with Gasteiger partial charge >= 0.3 is 0 Å². The summed E-state index contributed by atoms with van der Waals surface area (Å²) in [4.78, 5) is 140. The molecule has 0 saturated carbocycles. The number of aliphatic hydroxyl groups is 1. The zero-order valence-electron chi connectivity index (χ0n) is 37.7. The summed E-state index contributed by atoms with van der Waals surface area (Å²) < 4.78 is 0. The molecule has 0 aliphatic rings. The van der Waals surface area contributed by atoms with Gasteiger partial charge in [-0.1, -0.05) is 13.8 Å². The van der Waals surface area contributed by atoms with Crippen LogP contribution in [0.1, 0.15) is 85.5 Å². The molecular formula is C39H70N14O12. The van der Waals surface area contributed by atoms with Crippen molar-refractivity contribution in [3.8, 4) is 0 Å². The van der Waals surface area contributed by atoms with Crippen LogP contribution in [0.4, 0.5) is 0 Å². The molecule has 5 atom stereocenters. The van der Waals surface area contributed by atoms with Gasteiger partial charge in [-0.2, -0.15) is 0 Å². The number of nitrogens with one attached hydrogen (secondary N) is 10. The number of amides is 10. The summed E-state index contributed by atoms with van der Waals surface area (Å²) in [5.74, 6) is -6.76. The Kier molecular flexibility index (Phi) is 30.7. The second-order valence-electron chi connectivity index (χ2n) is 15.4. The number of nitrogens with zero attached hydrogens (tertiary/aromatic N) is 1. The predicted molar refractivity (Wildman–Crippen MR) is 235 cm³/mol. The lowest BCUT2D eigenvalue weighted by atomic mass is 10.0. The molecule has 65 heavy (non-hydrogen) atoms. The maximum absolute atomic E-state index is 13.2. The van der Waals surface area contributed by atoms with Crippen LogP contribution < -0.4 is 70.4 Å². The summed E-state index contributed by atoms with van der Waals surface area (Å²) in [7, 11) is 0. The standard InChI is InChI=1S/C39H70N14O12/c1-23(2)16-26(21-54)50-38(65)30(11-6-8-14-44-25(4)57)53-32(59)18-46-31(58)17-48-36(63)28(10-5-7-13-43-24(3)56)51-34(61)20-49-37(64)29(12-9-15-45-39(41)42)52-33(60)19-47-35(62)27(40)22-55/h21,23,26-30,55H,5-20,22,40H2,1-4H3,(H,43,56)(H,44,57)(H,46,58)(H,47,62)(H,48,63)(H,49,64)(H,50,65)(H,51,61)(H,52,60)(H,53,59)(H4,41,42,45)/t26-,27-,28-,29-,30-/m0/s1. The van der Waals surface area contributed by atoms with E-state index in [1.165, 1.54) is 13.8 Å². The molecule has 26 nitrogen and oxygen atoms in total. The van der Waals surface area contributed by atoms with E-state index in [-0.39, 0.29) is 62.5 Å². The first kappa shape index (κ1) is 58.6. The highest BCUT2D eigenvalue weighted by atomic mass is 16.3. The molecule has 10 amide bonds. The van der Waals surface area contributed by atoms with Crippen LogP contribution >= 0.6 is 0 Å². The molecule has 0 aromatic heterocycles. The molecule has 0 aliphatic carbocycles. The van der Waals surface area contributed by atoms with Crippen molar-refractivity contribution in [1.29, 1.82) is 0 Å². The summed E-state index contributed by atoms with van der Waals surface area (Å²) in [6.45, 7) is 4.06. The monoisotopic (exact) mass is 927 g/mol. The van der Waals surface area contributed by atoms with Gasteiger partial charge in [-0.3, -0.25) is 52.9 Å². The van der Waals surface area contributed by atoms with Crippen molar-refractivity contribution in [2.24, 2.45) is 28.1 Å². The van der Waals surface area contributed by atoms with Crippen molar-refractivity contribution >= 4 is 71.3 Å². The van der Waals surface area contributed by atoms with Crippen LogP contribution in [-0.4, -0.2) is 159 Å². The molecule has 0 radical (unpaired) electrons. The molecule has 0 bridgehead atoms. The third-order valence-corrected chi connectivity index (χ3v) is 8.95. The second-order valence-corrected chi connectivity index (χ2v) is 15.4. The average Bonchev–Trinajstić information content (AvgIpc) is 3.24. The van der Waals surface area contributed by atoms with E-state index in [9.17, 15) is 52.7 Å². The van der Waals surface area contributed by atoms with E-state index in [0.717, 1.165) is 0 Å². The third-order valence-electron chi connectivity index (χ3n) is 8.95. The van der Waals surface area contributed by atoms with Crippen LogP contribution in [0, 0.1) is 5.92 Å². The van der Waals surface area contributed by atoms with Gasteiger partial charge in [-0.25, -0.2) is 0 Å². The van der Waals surface area contributed by atoms with Gasteiger partial charge in [0.05, 0.1) is 38.8 Å². The molecule has 0 aliphatic heterocycles. The van der Waals surface area contributed by atoms with Crippen molar-refractivity contribution in [3.05, 3.63) is 0 Å². The highest BCUT2D eigenvalue weighted by molar-refractivity contribution is 5.95. The topological polar surface area (TPSA) is 419 Å². The molecule has 0 unspecified atom stereocenters. The Morgan fingerprint density at radius 2 is 0.969 bits per heavy atom. The first-order valence-electron chi connectivity index (χ1n) is 21.3. The summed E-state index contributed by atoms with van der Waals surface area (Å²) in [5, 5.41) is 33.7. The summed E-state index contributed by atoms with van der Waals surface area (Å²) in [5.41, 5.74) is 16.1. The SMILES string of the molecule is CC(=O)NCCCC[C@H](NC(=O)CNC(=O)[C@H](CCCN=C(N)N)NC(=O)CNC(=O)[C@@H](N)CO)C(=O)NCC(=O)NCC(=O)N[C@@H](CCCCNC(C)=O)C(=O)N[C@H](C=O)CC(C)C. The summed E-state index contributed by atoms with van der Waals surface area (Å²) in [6.07, 6.45) is 3.07. The first-order chi connectivity index (χ1) is 30.7. The number of carbonyl (C=O) groups excluding carboxylic acids is 11. The quantitative estimate of drug-likeness (QED) is 0.0124. The number of hydrogen-bond acceptors (Lipinski definition) is 14. The minimum atomic E-state index is -1.27. The number of aliphatic hydroxyl groups excluding tert-OH is 1. The van der Waals surface area contributed by atoms with Crippen molar-refractivity contribution < 1.29 is 57.8 Å². The Morgan fingerprint density at radius 1 is 0.554 bits per heavy atom. The molecule has 0 spiro atoms. The van der Waals surface area contributed by atoms with E-state index < -0.39 is 110 Å². The smallest absolute Gasteiger partial charge is 0.243 e. The fraction of sp³-hybridized carbons (Fsp3) is 0.692. The Labute approximate surface area is 378 Å². The maximum atomic E-state index is 13.2. The van der Waals surface area contributed by atoms with Crippen molar-refractivity contribution in [3.63, 3.8) is 0 Å². The maximum Gasteiger partial charge on any atom is 0.243 e. The molecule has 0 rings (SSSR count). The Morgan fingerprint density at radius 3 is 1.38 bits per heavy atom. The summed E-state index contributed by atoms with van der Waals surface area (Å²) >= 11 is 0. The molecular weight excluding hydrogens is 857 g/mol. The number of nitrogens with two attached hydrogens (primary N) is 3. The highest BCUT2D eigenvalue weighted by Gasteiger charge is 2.26. The fourth-order valence-corrected chi connectivity index (χ4v) is 5.67. The number of unbranched alkanes of at least 4 members (excludes halogenated alkanes) is 2. The minimum Gasteiger partial charge on any atom is -0.394 e. The van der Waals surface area contributed by atoms with Crippen LogP contribution in [-0.2, 0) is 52.7 Å². The lowest BCUT2D eigenvalue weighted by Gasteiger charge is -2.22. The number of hydrogen-bond donors (Lipinski definition) is 14. The predicted octanol–water partition coefficient (Wildman–Crippen LogP) is -6.38. The van der Waals surface area contributed by atoms with Crippen LogP contribution in [0.5, 0.6) is 0 Å². The Hall–Kier alpha value is -6.44. The molecule has 0 aromatic carbocycles. The van der Waals surface area contributed by atoms with Gasteiger partial charge in [0.15, 0.2) is 5.96 Å². The van der Waals surface area contributed by atoms with Crippen LogP contribution in [0.2, 0.25) is 0 Å². The number of aliphatic imine (C=N–C) groups is 1. The minimum absolute atomic E-state index is 0.000400. The van der Waals surface area contributed by atoms with Crippen molar-refractivity contribution in [2.75, 3.05) is 52.4 Å². The summed E-state index contributed by atoms with van der Waals surface area (Å²) in [6, 6.07) is -5.58. The fourth-order valence-electron chi connectivity index (χ4n) is 5.67. The van der Waals surface area contributed by atoms with Gasteiger partial charge in [-0.05, 0) is 63.7 Å². The van der Waals surface area contributed by atoms with E-state index in [4.69, 9.17) is 22.3 Å². The van der Waals surface area contributed by atoms with Gasteiger partial charge in [0.25, 0.3) is 0 Å². The molecule has 0 heterocycles. The number of rotatable bonds is 34. The van der Waals surface area contributed by atoms with Crippen LogP contribution in [0.25, 0.3) is 0 Å². The van der Waals surface area contributed by atoms with Gasteiger partial charge in [0.2, 0.25) is 59.1 Å². The Balaban J connectivity index is 5.58. The number of carbonyl (C=O) groups is 11.